The van der Waals surface area contributed by atoms with Crippen LogP contribution in [0.5, 0.6) is 0 Å². The van der Waals surface area contributed by atoms with Crippen LogP contribution in [0.1, 0.15) is 44.9 Å². The van der Waals surface area contributed by atoms with E-state index >= 15 is 0 Å². The Kier molecular flexibility index (Phi) is 3.99. The summed E-state index contributed by atoms with van der Waals surface area (Å²) in [7, 11) is 0. The molecular formula is C14H27N3. The number of fused-ring (bicyclic) bond motifs is 1. The molecule has 0 spiro atoms. The van der Waals surface area contributed by atoms with Gasteiger partial charge in [0.2, 0.25) is 0 Å². The van der Waals surface area contributed by atoms with Crippen LogP contribution in [0.3, 0.4) is 0 Å². The Bertz CT molecular complexity index is 238. The van der Waals surface area contributed by atoms with E-state index in [1.807, 2.05) is 0 Å². The molecule has 0 amide bonds. The predicted molar refractivity (Wildman–Crippen MR) is 71.3 cm³/mol. The van der Waals surface area contributed by atoms with Crippen molar-refractivity contribution in [2.75, 3.05) is 26.2 Å². The van der Waals surface area contributed by atoms with E-state index in [0.29, 0.717) is 0 Å². The molecule has 3 saturated heterocycles. The smallest absolute Gasteiger partial charge is 0.0192 e. The average Bonchev–Trinajstić information content (AvgIpc) is 2.85. The van der Waals surface area contributed by atoms with Gasteiger partial charge in [-0.25, -0.2) is 0 Å². The van der Waals surface area contributed by atoms with Gasteiger partial charge in [0, 0.05) is 24.7 Å². The highest BCUT2D eigenvalue weighted by Crippen LogP contribution is 2.26. The Morgan fingerprint density at radius 3 is 2.94 bits per heavy atom. The maximum Gasteiger partial charge on any atom is 0.0192 e. The molecule has 3 fully saturated rings. The van der Waals surface area contributed by atoms with E-state index < -0.39 is 0 Å². The normalized spacial score (nSPS) is 39.2. The van der Waals surface area contributed by atoms with Crippen LogP contribution in [-0.4, -0.2) is 49.2 Å². The molecule has 3 aliphatic heterocycles. The van der Waals surface area contributed by atoms with Crippen molar-refractivity contribution in [1.82, 2.24) is 15.5 Å². The minimum absolute atomic E-state index is 0.741. The van der Waals surface area contributed by atoms with Crippen molar-refractivity contribution in [2.45, 2.75) is 63.1 Å². The summed E-state index contributed by atoms with van der Waals surface area (Å²) >= 11 is 0. The van der Waals surface area contributed by atoms with E-state index in [1.165, 1.54) is 71.1 Å². The topological polar surface area (TPSA) is 27.3 Å². The van der Waals surface area contributed by atoms with Crippen LogP contribution in [0.4, 0.5) is 0 Å². The Morgan fingerprint density at radius 2 is 2.06 bits per heavy atom. The van der Waals surface area contributed by atoms with Gasteiger partial charge in [0.25, 0.3) is 0 Å². The summed E-state index contributed by atoms with van der Waals surface area (Å²) in [6.07, 6.45) is 9.80. The standard InChI is InChI=1S/C14H27N3/c1-2-7-15-13(4-1)11-16-12-6-9-17-8-3-5-14(17)10-12/h12-16H,1-11H2. The van der Waals surface area contributed by atoms with Gasteiger partial charge in [0.05, 0.1) is 0 Å². The fourth-order valence-corrected chi connectivity index (χ4v) is 3.82. The highest BCUT2D eigenvalue weighted by atomic mass is 15.2. The quantitative estimate of drug-likeness (QED) is 0.776. The third-order valence-corrected chi connectivity index (χ3v) is 4.89. The first-order valence-corrected chi connectivity index (χ1v) is 7.62. The molecule has 0 aliphatic carbocycles. The minimum atomic E-state index is 0.741. The van der Waals surface area contributed by atoms with Crippen molar-refractivity contribution >= 4 is 0 Å². The zero-order valence-corrected chi connectivity index (χ0v) is 11.0. The zero-order valence-electron chi connectivity index (χ0n) is 11.0. The fourth-order valence-electron chi connectivity index (χ4n) is 3.82. The molecule has 3 heterocycles. The summed E-state index contributed by atoms with van der Waals surface area (Å²) in [5.74, 6) is 0. The molecule has 2 N–H and O–H groups in total. The third kappa shape index (κ3) is 3.01. The lowest BCUT2D eigenvalue weighted by Crippen LogP contribution is -2.49. The Labute approximate surface area is 105 Å². The van der Waals surface area contributed by atoms with E-state index in [0.717, 1.165) is 18.1 Å². The molecule has 3 aliphatic rings. The first-order chi connectivity index (χ1) is 8.42. The zero-order chi connectivity index (χ0) is 11.5. The molecular weight excluding hydrogens is 210 g/mol. The minimum Gasteiger partial charge on any atom is -0.313 e. The molecule has 3 rings (SSSR count). The van der Waals surface area contributed by atoms with E-state index in [1.54, 1.807) is 0 Å². The fraction of sp³-hybridized carbons (Fsp3) is 1.00. The first kappa shape index (κ1) is 11.9. The molecule has 0 aromatic heterocycles. The summed E-state index contributed by atoms with van der Waals surface area (Å²) < 4.78 is 0. The SMILES string of the molecule is C1CCC(CNC2CCN3CCCC3C2)NC1. The summed E-state index contributed by atoms with van der Waals surface area (Å²) in [5.41, 5.74) is 0. The summed E-state index contributed by atoms with van der Waals surface area (Å²) in [6, 6.07) is 2.43. The monoisotopic (exact) mass is 237 g/mol. The molecule has 0 aromatic carbocycles. The predicted octanol–water partition coefficient (Wildman–Crippen LogP) is 1.34. The van der Waals surface area contributed by atoms with Crippen LogP contribution in [0, 0.1) is 0 Å². The Balaban J connectivity index is 1.40. The van der Waals surface area contributed by atoms with Gasteiger partial charge in [-0.2, -0.15) is 0 Å². The van der Waals surface area contributed by atoms with Gasteiger partial charge in [-0.1, -0.05) is 6.42 Å². The van der Waals surface area contributed by atoms with E-state index in [9.17, 15) is 0 Å². The van der Waals surface area contributed by atoms with Crippen LogP contribution >= 0.6 is 0 Å². The van der Waals surface area contributed by atoms with Crippen molar-refractivity contribution in [3.05, 3.63) is 0 Å². The maximum absolute atomic E-state index is 3.81. The van der Waals surface area contributed by atoms with Crippen molar-refractivity contribution in [3.8, 4) is 0 Å². The molecule has 0 saturated carbocycles. The summed E-state index contributed by atoms with van der Waals surface area (Å²) in [5, 5.41) is 7.45. The molecule has 0 bridgehead atoms. The molecule has 0 radical (unpaired) electrons. The van der Waals surface area contributed by atoms with E-state index in [-0.39, 0.29) is 0 Å². The van der Waals surface area contributed by atoms with Crippen molar-refractivity contribution < 1.29 is 0 Å². The number of rotatable bonds is 3. The number of hydrogen-bond acceptors (Lipinski definition) is 3. The number of nitrogens with zero attached hydrogens (tertiary/aromatic N) is 1. The van der Waals surface area contributed by atoms with Gasteiger partial charge in [-0.3, -0.25) is 0 Å². The van der Waals surface area contributed by atoms with Crippen LogP contribution in [0.15, 0.2) is 0 Å². The van der Waals surface area contributed by atoms with Crippen molar-refractivity contribution in [2.24, 2.45) is 0 Å². The van der Waals surface area contributed by atoms with Gasteiger partial charge in [0.15, 0.2) is 0 Å². The molecule has 3 unspecified atom stereocenters. The molecule has 3 atom stereocenters. The van der Waals surface area contributed by atoms with Crippen LogP contribution in [0.2, 0.25) is 0 Å². The van der Waals surface area contributed by atoms with Gasteiger partial charge in [0.1, 0.15) is 0 Å². The Hall–Kier alpha value is -0.120. The highest BCUT2D eigenvalue weighted by Gasteiger charge is 2.31. The van der Waals surface area contributed by atoms with Crippen LogP contribution in [-0.2, 0) is 0 Å². The van der Waals surface area contributed by atoms with Crippen molar-refractivity contribution in [3.63, 3.8) is 0 Å². The van der Waals surface area contributed by atoms with E-state index in [2.05, 4.69) is 15.5 Å². The van der Waals surface area contributed by atoms with Gasteiger partial charge >= 0.3 is 0 Å². The lowest BCUT2D eigenvalue weighted by molar-refractivity contribution is 0.164. The largest absolute Gasteiger partial charge is 0.313 e. The van der Waals surface area contributed by atoms with Gasteiger partial charge in [-0.15, -0.1) is 0 Å². The van der Waals surface area contributed by atoms with E-state index in [4.69, 9.17) is 0 Å². The maximum atomic E-state index is 3.81. The first-order valence-electron chi connectivity index (χ1n) is 7.62. The molecule has 0 aromatic rings. The second kappa shape index (κ2) is 5.68. The molecule has 17 heavy (non-hydrogen) atoms. The number of hydrogen-bond donors (Lipinski definition) is 2. The molecule has 98 valence electrons. The Morgan fingerprint density at radius 1 is 1.06 bits per heavy atom. The second-order valence-electron chi connectivity index (χ2n) is 6.11. The van der Waals surface area contributed by atoms with Crippen molar-refractivity contribution in [1.29, 1.82) is 0 Å². The molecule has 3 nitrogen and oxygen atoms in total. The third-order valence-electron chi connectivity index (χ3n) is 4.89. The van der Waals surface area contributed by atoms with Crippen LogP contribution < -0.4 is 10.6 Å². The summed E-state index contributed by atoms with van der Waals surface area (Å²) in [6.45, 7) is 5.12. The second-order valence-corrected chi connectivity index (χ2v) is 6.11. The highest BCUT2D eigenvalue weighted by molar-refractivity contribution is 4.90. The lowest BCUT2D eigenvalue weighted by Gasteiger charge is -2.36. The average molecular weight is 237 g/mol. The van der Waals surface area contributed by atoms with Gasteiger partial charge in [-0.05, 0) is 58.2 Å². The lowest BCUT2D eigenvalue weighted by atomic mass is 9.97. The van der Waals surface area contributed by atoms with Gasteiger partial charge < -0.3 is 15.5 Å². The summed E-state index contributed by atoms with van der Waals surface area (Å²) in [4.78, 5) is 2.71. The number of nitrogens with one attached hydrogen (secondary N) is 2. The number of piperidine rings is 2. The van der Waals surface area contributed by atoms with Crippen LogP contribution in [0.25, 0.3) is 0 Å². The molecule has 3 heteroatoms.